The Labute approximate surface area is 121 Å². The van der Waals surface area contributed by atoms with Gasteiger partial charge in [0.1, 0.15) is 0 Å². The second-order valence-corrected chi connectivity index (χ2v) is 7.86. The molecule has 0 amide bonds. The molecule has 1 aliphatic heterocycles. The molecule has 1 aliphatic rings. The van der Waals surface area contributed by atoms with E-state index in [1.807, 2.05) is 19.1 Å². The van der Waals surface area contributed by atoms with Crippen LogP contribution < -0.4 is 0 Å². The number of nitrogens with zero attached hydrogens (tertiary/aromatic N) is 1. The van der Waals surface area contributed by atoms with Crippen LogP contribution >= 0.6 is 0 Å². The topological polar surface area (TPSA) is 57.6 Å². The first-order valence-corrected chi connectivity index (χ1v) is 8.54. The van der Waals surface area contributed by atoms with Gasteiger partial charge in [-0.25, -0.2) is 8.42 Å². The number of hydrogen-bond acceptors (Lipinski definition) is 3. The van der Waals surface area contributed by atoms with Gasteiger partial charge in [-0.15, -0.1) is 0 Å². The van der Waals surface area contributed by atoms with Gasteiger partial charge in [0.05, 0.1) is 11.0 Å². The highest BCUT2D eigenvalue weighted by molar-refractivity contribution is 7.89. The summed E-state index contributed by atoms with van der Waals surface area (Å²) in [7, 11) is -3.44. The average Bonchev–Trinajstić information content (AvgIpc) is 2.41. The Hall–Kier alpha value is -0.910. The Kier molecular flexibility index (Phi) is 4.52. The van der Waals surface area contributed by atoms with Crippen molar-refractivity contribution in [1.29, 1.82) is 0 Å². The van der Waals surface area contributed by atoms with Crippen molar-refractivity contribution in [2.45, 2.75) is 44.1 Å². The van der Waals surface area contributed by atoms with E-state index in [1.54, 1.807) is 12.1 Å². The maximum absolute atomic E-state index is 12.6. The molecular formula is C15H23NO3S. The summed E-state index contributed by atoms with van der Waals surface area (Å²) in [5.41, 5.74) is 1.13. The van der Waals surface area contributed by atoms with Gasteiger partial charge in [-0.1, -0.05) is 32.9 Å². The number of aliphatic hydroxyl groups excluding tert-OH is 1. The van der Waals surface area contributed by atoms with Crippen molar-refractivity contribution in [3.8, 4) is 0 Å². The monoisotopic (exact) mass is 297 g/mol. The summed E-state index contributed by atoms with van der Waals surface area (Å²) in [5, 5.41) is 9.71. The normalized spacial score (nSPS) is 25.1. The maximum Gasteiger partial charge on any atom is 0.243 e. The van der Waals surface area contributed by atoms with Gasteiger partial charge in [-0.3, -0.25) is 0 Å². The molecular weight excluding hydrogens is 274 g/mol. The van der Waals surface area contributed by atoms with Crippen LogP contribution in [0.4, 0.5) is 0 Å². The maximum atomic E-state index is 12.6. The molecule has 0 aromatic heterocycles. The zero-order valence-electron chi connectivity index (χ0n) is 12.3. The van der Waals surface area contributed by atoms with Gasteiger partial charge in [0.2, 0.25) is 10.0 Å². The van der Waals surface area contributed by atoms with E-state index in [9.17, 15) is 13.5 Å². The predicted molar refractivity (Wildman–Crippen MR) is 79.1 cm³/mol. The third kappa shape index (κ3) is 3.05. The highest BCUT2D eigenvalue weighted by atomic mass is 32.2. The first kappa shape index (κ1) is 15.5. The Morgan fingerprint density at radius 1 is 1.25 bits per heavy atom. The highest BCUT2D eigenvalue weighted by Gasteiger charge is 2.32. The molecule has 0 radical (unpaired) electrons. The molecule has 1 saturated heterocycles. The molecule has 4 nitrogen and oxygen atoms in total. The standard InChI is InChI=1S/C15H23NO3S/c1-11(2)13-4-6-14(7-5-13)20(18,19)16-9-8-15(17)12(3)10-16/h4-7,11-12,15,17H,8-10H2,1-3H3. The predicted octanol–water partition coefficient (Wildman–Crippen LogP) is 2.20. The van der Waals surface area contributed by atoms with Gasteiger partial charge < -0.3 is 5.11 Å². The number of piperidine rings is 1. The summed E-state index contributed by atoms with van der Waals surface area (Å²) in [4.78, 5) is 0.338. The van der Waals surface area contributed by atoms with E-state index in [-0.39, 0.29) is 5.92 Å². The van der Waals surface area contributed by atoms with E-state index in [0.717, 1.165) is 5.56 Å². The van der Waals surface area contributed by atoms with E-state index in [0.29, 0.717) is 30.3 Å². The fourth-order valence-electron chi connectivity index (χ4n) is 2.49. The third-order valence-electron chi connectivity index (χ3n) is 4.01. The molecule has 0 saturated carbocycles. The Morgan fingerprint density at radius 3 is 2.35 bits per heavy atom. The van der Waals surface area contributed by atoms with Crippen molar-refractivity contribution in [2.75, 3.05) is 13.1 Å². The summed E-state index contributed by atoms with van der Waals surface area (Å²) in [6, 6.07) is 7.11. The van der Waals surface area contributed by atoms with Crippen molar-refractivity contribution < 1.29 is 13.5 Å². The summed E-state index contributed by atoms with van der Waals surface area (Å²) in [6.07, 6.45) is 0.106. The van der Waals surface area contributed by atoms with Gasteiger partial charge in [-0.05, 0) is 36.0 Å². The van der Waals surface area contributed by atoms with Crippen LogP contribution in [0.3, 0.4) is 0 Å². The molecule has 2 rings (SSSR count). The minimum atomic E-state index is -3.44. The second kappa shape index (κ2) is 5.84. The van der Waals surface area contributed by atoms with E-state index in [4.69, 9.17) is 0 Å². The molecule has 1 aromatic carbocycles. The molecule has 5 heteroatoms. The first-order valence-electron chi connectivity index (χ1n) is 7.10. The SMILES string of the molecule is CC(C)c1ccc(S(=O)(=O)N2CCC(O)C(C)C2)cc1. The fourth-order valence-corrected chi connectivity index (χ4v) is 4.04. The lowest BCUT2D eigenvalue weighted by Crippen LogP contribution is -2.44. The minimum absolute atomic E-state index is 0.0199. The molecule has 0 aliphatic carbocycles. The lowest BCUT2D eigenvalue weighted by Gasteiger charge is -2.33. The largest absolute Gasteiger partial charge is 0.393 e. The van der Waals surface area contributed by atoms with Gasteiger partial charge >= 0.3 is 0 Å². The average molecular weight is 297 g/mol. The summed E-state index contributed by atoms with van der Waals surface area (Å²) >= 11 is 0. The number of benzene rings is 1. The molecule has 0 spiro atoms. The Morgan fingerprint density at radius 2 is 1.85 bits per heavy atom. The van der Waals surface area contributed by atoms with Gasteiger partial charge in [0.15, 0.2) is 0 Å². The zero-order valence-corrected chi connectivity index (χ0v) is 13.1. The summed E-state index contributed by atoms with van der Waals surface area (Å²) in [5.74, 6) is 0.366. The van der Waals surface area contributed by atoms with E-state index in [1.165, 1.54) is 4.31 Å². The van der Waals surface area contributed by atoms with Crippen LogP contribution in [0, 0.1) is 5.92 Å². The minimum Gasteiger partial charge on any atom is -0.393 e. The van der Waals surface area contributed by atoms with Crippen LogP contribution in [0.25, 0.3) is 0 Å². The van der Waals surface area contributed by atoms with Crippen molar-refractivity contribution in [1.82, 2.24) is 4.31 Å². The summed E-state index contributed by atoms with van der Waals surface area (Å²) in [6.45, 7) is 6.82. The smallest absolute Gasteiger partial charge is 0.243 e. The molecule has 1 heterocycles. The summed E-state index contributed by atoms with van der Waals surface area (Å²) < 4.78 is 26.6. The van der Waals surface area contributed by atoms with Crippen LogP contribution in [0.2, 0.25) is 0 Å². The third-order valence-corrected chi connectivity index (χ3v) is 5.89. The molecule has 2 atom stereocenters. The molecule has 20 heavy (non-hydrogen) atoms. The second-order valence-electron chi connectivity index (χ2n) is 5.92. The van der Waals surface area contributed by atoms with E-state index < -0.39 is 16.1 Å². The van der Waals surface area contributed by atoms with Crippen molar-refractivity contribution in [3.05, 3.63) is 29.8 Å². The van der Waals surface area contributed by atoms with Crippen LogP contribution in [-0.4, -0.2) is 37.0 Å². The molecule has 1 fully saturated rings. The highest BCUT2D eigenvalue weighted by Crippen LogP contribution is 2.25. The number of sulfonamides is 1. The lowest BCUT2D eigenvalue weighted by atomic mass is 9.99. The quantitative estimate of drug-likeness (QED) is 0.930. The molecule has 0 bridgehead atoms. The van der Waals surface area contributed by atoms with Crippen LogP contribution in [0.15, 0.2) is 29.2 Å². The van der Waals surface area contributed by atoms with Crippen molar-refractivity contribution in [2.24, 2.45) is 5.92 Å². The number of aliphatic hydroxyl groups is 1. The van der Waals surface area contributed by atoms with Crippen molar-refractivity contribution >= 4 is 10.0 Å². The first-order chi connectivity index (χ1) is 9.32. The van der Waals surface area contributed by atoms with Gasteiger partial charge in [0.25, 0.3) is 0 Å². The van der Waals surface area contributed by atoms with Crippen molar-refractivity contribution in [3.63, 3.8) is 0 Å². The van der Waals surface area contributed by atoms with Crippen LogP contribution in [-0.2, 0) is 10.0 Å². The van der Waals surface area contributed by atoms with Gasteiger partial charge in [-0.2, -0.15) is 4.31 Å². The lowest BCUT2D eigenvalue weighted by molar-refractivity contribution is 0.0628. The molecule has 1 aromatic rings. The molecule has 1 N–H and O–H groups in total. The van der Waals surface area contributed by atoms with Crippen LogP contribution in [0.1, 0.15) is 38.7 Å². The Balaban J connectivity index is 2.22. The number of rotatable bonds is 3. The van der Waals surface area contributed by atoms with Gasteiger partial charge in [0, 0.05) is 13.1 Å². The van der Waals surface area contributed by atoms with E-state index >= 15 is 0 Å². The number of hydrogen-bond donors (Lipinski definition) is 1. The molecule has 2 unspecified atom stereocenters. The van der Waals surface area contributed by atoms with Crippen LogP contribution in [0.5, 0.6) is 0 Å². The zero-order chi connectivity index (χ0) is 14.9. The molecule has 112 valence electrons. The fraction of sp³-hybridized carbons (Fsp3) is 0.600. The van der Waals surface area contributed by atoms with E-state index in [2.05, 4.69) is 13.8 Å². The Bertz CT molecular complexity index is 551.